The maximum atomic E-state index is 14.2. The highest BCUT2D eigenvalue weighted by atomic mass is 16.2. The summed E-state index contributed by atoms with van der Waals surface area (Å²) in [6.45, 7) is 6.30. The van der Waals surface area contributed by atoms with E-state index in [4.69, 9.17) is 0 Å². The number of aryl methyl sites for hydroxylation is 2. The summed E-state index contributed by atoms with van der Waals surface area (Å²) in [4.78, 5) is 41.5. The number of rotatable bonds is 12. The van der Waals surface area contributed by atoms with Crippen LogP contribution >= 0.6 is 0 Å². The Morgan fingerprint density at radius 1 is 1.02 bits per heavy atom. The van der Waals surface area contributed by atoms with Gasteiger partial charge in [-0.2, -0.15) is 5.26 Å². The SMILES string of the molecule is C=C(NC)c1ccc2c(c1)CCc1cc(C(=O)NC)ccc1C2(CCNCC(=O)N(C(C)C#N)C1CC1)C(=O)NNC. The van der Waals surface area contributed by atoms with Gasteiger partial charge in [-0.1, -0.05) is 24.8 Å². The highest BCUT2D eigenvalue weighted by Crippen LogP contribution is 2.43. The molecular formula is C32H41N7O3. The van der Waals surface area contributed by atoms with Gasteiger partial charge >= 0.3 is 0 Å². The number of benzene rings is 2. The van der Waals surface area contributed by atoms with Crippen molar-refractivity contribution in [3.8, 4) is 6.07 Å². The molecule has 0 aliphatic heterocycles. The fourth-order valence-corrected chi connectivity index (χ4v) is 6.03. The minimum Gasteiger partial charge on any atom is -0.388 e. The standard InChI is InChI=1S/C32H41N7O3/c1-20(18-33)39(26-10-11-26)29(40)19-37-15-14-32(31(42)38-36-5)27-12-8-22(21(2)34-3)16-23(27)6-7-24-17-25(30(41)35-4)9-13-28(24)32/h8-9,12-13,16-17,20,26,34,36-37H,2,6-7,10-11,14-15,19H2,1,3-5H3,(H,35,41)(H,38,42). The Bertz CT molecular complexity index is 1340. The Morgan fingerprint density at radius 3 is 2.19 bits per heavy atom. The first-order valence-corrected chi connectivity index (χ1v) is 14.5. The van der Waals surface area contributed by atoms with E-state index in [9.17, 15) is 19.6 Å². The molecule has 2 unspecified atom stereocenters. The van der Waals surface area contributed by atoms with Crippen molar-refractivity contribution in [3.05, 3.63) is 76.4 Å². The molecule has 0 radical (unpaired) electrons. The average Bonchev–Trinajstić information content (AvgIpc) is 3.85. The van der Waals surface area contributed by atoms with Crippen molar-refractivity contribution in [3.63, 3.8) is 0 Å². The van der Waals surface area contributed by atoms with Crippen LogP contribution in [0.15, 0.2) is 43.0 Å². The minimum atomic E-state index is -1.11. The third kappa shape index (κ3) is 6.03. The molecule has 222 valence electrons. The van der Waals surface area contributed by atoms with Gasteiger partial charge in [-0.15, -0.1) is 0 Å². The molecule has 0 heterocycles. The molecule has 2 aliphatic carbocycles. The Labute approximate surface area is 247 Å². The fraction of sp³-hybridized carbons (Fsp3) is 0.438. The first kappa shape index (κ1) is 30.8. The topological polar surface area (TPSA) is 138 Å². The van der Waals surface area contributed by atoms with E-state index in [1.54, 1.807) is 32.0 Å². The molecule has 1 saturated carbocycles. The van der Waals surface area contributed by atoms with Crippen molar-refractivity contribution < 1.29 is 14.4 Å². The Hall–Kier alpha value is -4.20. The number of hydrogen-bond donors (Lipinski definition) is 5. The lowest BCUT2D eigenvalue weighted by molar-refractivity contribution is -0.131. The van der Waals surface area contributed by atoms with E-state index >= 15 is 0 Å². The van der Waals surface area contributed by atoms with Crippen molar-refractivity contribution in [2.45, 2.75) is 56.5 Å². The van der Waals surface area contributed by atoms with E-state index < -0.39 is 11.5 Å². The van der Waals surface area contributed by atoms with Gasteiger partial charge in [0.25, 0.3) is 5.91 Å². The van der Waals surface area contributed by atoms with E-state index in [1.807, 2.05) is 31.3 Å². The lowest BCUT2D eigenvalue weighted by Gasteiger charge is -2.35. The van der Waals surface area contributed by atoms with Crippen LogP contribution in [0, 0.1) is 11.3 Å². The average molecular weight is 572 g/mol. The van der Waals surface area contributed by atoms with Gasteiger partial charge in [0.2, 0.25) is 11.8 Å². The molecule has 2 aliphatic rings. The van der Waals surface area contributed by atoms with Gasteiger partial charge in [0.05, 0.1) is 12.6 Å². The second-order valence-electron chi connectivity index (χ2n) is 10.9. The van der Waals surface area contributed by atoms with Crippen LogP contribution in [0.4, 0.5) is 0 Å². The molecular weight excluding hydrogens is 530 g/mol. The number of nitrogens with zero attached hydrogens (tertiary/aromatic N) is 2. The molecule has 0 saturated heterocycles. The molecule has 0 bridgehead atoms. The molecule has 0 spiro atoms. The Morgan fingerprint density at radius 2 is 1.64 bits per heavy atom. The number of fused-ring (bicyclic) bond motifs is 2. The molecule has 2 aromatic rings. The summed E-state index contributed by atoms with van der Waals surface area (Å²) in [5, 5.41) is 18.5. The molecule has 0 aromatic heterocycles. The second kappa shape index (κ2) is 13.2. The van der Waals surface area contributed by atoms with Crippen LogP contribution in [0.3, 0.4) is 0 Å². The van der Waals surface area contributed by atoms with E-state index in [-0.39, 0.29) is 30.3 Å². The van der Waals surface area contributed by atoms with Gasteiger partial charge in [-0.05, 0) is 91.6 Å². The van der Waals surface area contributed by atoms with Gasteiger partial charge in [0, 0.05) is 38.4 Å². The molecule has 4 rings (SSSR count). The third-order valence-electron chi connectivity index (χ3n) is 8.34. The monoisotopic (exact) mass is 571 g/mol. The second-order valence-corrected chi connectivity index (χ2v) is 10.9. The maximum Gasteiger partial charge on any atom is 0.251 e. The van der Waals surface area contributed by atoms with Gasteiger partial charge in [0.15, 0.2) is 0 Å². The summed E-state index contributed by atoms with van der Waals surface area (Å²) in [7, 11) is 5.07. The van der Waals surface area contributed by atoms with Crippen molar-refractivity contribution in [1.29, 1.82) is 5.26 Å². The molecule has 2 atom stereocenters. The summed E-state index contributed by atoms with van der Waals surface area (Å²) < 4.78 is 0. The molecule has 5 N–H and O–H groups in total. The van der Waals surface area contributed by atoms with Crippen LogP contribution in [0.25, 0.3) is 5.70 Å². The number of hydrogen-bond acceptors (Lipinski definition) is 7. The third-order valence-corrected chi connectivity index (χ3v) is 8.34. The zero-order valence-corrected chi connectivity index (χ0v) is 24.9. The normalized spacial score (nSPS) is 17.9. The van der Waals surface area contributed by atoms with Crippen molar-refractivity contribution in [2.24, 2.45) is 0 Å². The predicted octanol–water partition coefficient (Wildman–Crippen LogP) is 1.75. The van der Waals surface area contributed by atoms with E-state index in [2.05, 4.69) is 45.5 Å². The van der Waals surface area contributed by atoms with Gasteiger partial charge < -0.3 is 20.9 Å². The van der Waals surface area contributed by atoms with Crippen LogP contribution in [0.1, 0.15) is 64.4 Å². The van der Waals surface area contributed by atoms with Gasteiger partial charge in [-0.3, -0.25) is 19.8 Å². The van der Waals surface area contributed by atoms with Crippen molar-refractivity contribution >= 4 is 23.4 Å². The molecule has 10 heteroatoms. The minimum absolute atomic E-state index is 0.0719. The molecule has 3 amide bonds. The van der Waals surface area contributed by atoms with Crippen LogP contribution in [0.2, 0.25) is 0 Å². The number of nitrogens with one attached hydrogen (secondary N) is 5. The molecule has 10 nitrogen and oxygen atoms in total. The zero-order valence-electron chi connectivity index (χ0n) is 24.9. The zero-order chi connectivity index (χ0) is 30.4. The van der Waals surface area contributed by atoms with Crippen LogP contribution in [-0.4, -0.2) is 68.9 Å². The molecule has 42 heavy (non-hydrogen) atoms. The van der Waals surface area contributed by atoms with Gasteiger partial charge in [0.1, 0.15) is 11.5 Å². The summed E-state index contributed by atoms with van der Waals surface area (Å²) in [5.74, 6) is -0.537. The lowest BCUT2D eigenvalue weighted by atomic mass is 9.69. The van der Waals surface area contributed by atoms with Crippen LogP contribution in [-0.2, 0) is 27.8 Å². The Balaban J connectivity index is 1.75. The summed E-state index contributed by atoms with van der Waals surface area (Å²) in [5.41, 5.74) is 10.4. The molecule has 1 fully saturated rings. The summed E-state index contributed by atoms with van der Waals surface area (Å²) in [6.07, 6.45) is 3.51. The first-order chi connectivity index (χ1) is 20.2. The van der Waals surface area contributed by atoms with E-state index in [0.29, 0.717) is 31.4 Å². The van der Waals surface area contributed by atoms with Gasteiger partial charge in [-0.25, -0.2) is 5.43 Å². The van der Waals surface area contributed by atoms with E-state index in [0.717, 1.165) is 46.4 Å². The van der Waals surface area contributed by atoms with Crippen LogP contribution < -0.4 is 26.8 Å². The smallest absolute Gasteiger partial charge is 0.251 e. The van der Waals surface area contributed by atoms with Crippen LogP contribution in [0.5, 0.6) is 0 Å². The quantitative estimate of drug-likeness (QED) is 0.193. The molecule has 2 aromatic carbocycles. The largest absolute Gasteiger partial charge is 0.388 e. The number of carbonyl (C=O) groups excluding carboxylic acids is 3. The Kier molecular flexibility index (Phi) is 9.66. The fourth-order valence-electron chi connectivity index (χ4n) is 6.03. The lowest BCUT2D eigenvalue weighted by Crippen LogP contribution is -2.51. The summed E-state index contributed by atoms with van der Waals surface area (Å²) in [6, 6.07) is 13.4. The van der Waals surface area contributed by atoms with Crippen molar-refractivity contribution in [2.75, 3.05) is 34.2 Å². The number of amides is 3. The highest BCUT2D eigenvalue weighted by molar-refractivity contribution is 5.96. The number of hydrazine groups is 1. The highest BCUT2D eigenvalue weighted by Gasteiger charge is 2.46. The number of carbonyl (C=O) groups is 3. The summed E-state index contributed by atoms with van der Waals surface area (Å²) >= 11 is 0. The van der Waals surface area contributed by atoms with Crippen molar-refractivity contribution in [1.82, 2.24) is 31.7 Å². The number of nitriles is 1. The first-order valence-electron chi connectivity index (χ1n) is 14.5. The maximum absolute atomic E-state index is 14.2. The predicted molar refractivity (Wildman–Crippen MR) is 162 cm³/mol. The van der Waals surface area contributed by atoms with E-state index in [1.165, 1.54) is 0 Å².